The zero-order valence-corrected chi connectivity index (χ0v) is 8.10. The molecule has 0 bridgehead atoms. The molecular weight excluding hydrogens is 172 g/mol. The van der Waals surface area contributed by atoms with E-state index in [2.05, 4.69) is 49.4 Å². The van der Waals surface area contributed by atoms with Crippen LogP contribution in [0.4, 0.5) is 0 Å². The minimum Gasteiger partial charge on any atom is -0.365 e. The first-order valence-corrected chi connectivity index (χ1v) is 4.99. The number of ether oxygens (including phenoxy) is 1. The van der Waals surface area contributed by atoms with Gasteiger partial charge in [0.25, 0.3) is 0 Å². The average Bonchev–Trinajstić information content (AvgIpc) is 2.95. The number of epoxide rings is 1. The van der Waals surface area contributed by atoms with E-state index < -0.39 is 0 Å². The zero-order valence-electron chi connectivity index (χ0n) is 8.10. The lowest BCUT2D eigenvalue weighted by Crippen LogP contribution is -1.85. The molecule has 2 aromatic rings. The van der Waals surface area contributed by atoms with Gasteiger partial charge in [0, 0.05) is 0 Å². The fraction of sp³-hybridized carbons (Fsp3) is 0.231. The zero-order chi connectivity index (χ0) is 9.54. The van der Waals surface area contributed by atoms with Gasteiger partial charge in [-0.2, -0.15) is 0 Å². The average molecular weight is 184 g/mol. The monoisotopic (exact) mass is 184 g/mol. The maximum atomic E-state index is 5.51. The predicted molar refractivity (Wildman–Crippen MR) is 57.2 cm³/mol. The summed E-state index contributed by atoms with van der Waals surface area (Å²) in [4.78, 5) is 0. The van der Waals surface area contributed by atoms with Crippen LogP contribution >= 0.6 is 0 Å². The lowest BCUT2D eigenvalue weighted by Gasteiger charge is -2.02. The first-order valence-electron chi connectivity index (χ1n) is 4.99. The summed E-state index contributed by atoms with van der Waals surface area (Å²) < 4.78 is 5.51. The van der Waals surface area contributed by atoms with Gasteiger partial charge < -0.3 is 4.74 Å². The third kappa shape index (κ3) is 1.13. The second-order valence-corrected chi connectivity index (χ2v) is 3.83. The Morgan fingerprint density at radius 2 is 1.71 bits per heavy atom. The molecule has 0 unspecified atom stereocenters. The molecule has 0 spiro atoms. The van der Waals surface area contributed by atoms with Crippen LogP contribution < -0.4 is 0 Å². The highest BCUT2D eigenvalue weighted by molar-refractivity contribution is 5.86. The van der Waals surface area contributed by atoms with Gasteiger partial charge in [-0.25, -0.2) is 0 Å². The van der Waals surface area contributed by atoms with Crippen LogP contribution in [0.1, 0.15) is 18.6 Å². The number of hydrogen-bond acceptors (Lipinski definition) is 1. The van der Waals surface area contributed by atoms with Crippen molar-refractivity contribution in [1.82, 2.24) is 0 Å². The second-order valence-electron chi connectivity index (χ2n) is 3.83. The van der Waals surface area contributed by atoms with Crippen LogP contribution in [0.5, 0.6) is 0 Å². The summed E-state index contributed by atoms with van der Waals surface area (Å²) in [6.45, 7) is 2.12. The van der Waals surface area contributed by atoms with E-state index in [1.807, 2.05) is 0 Å². The molecule has 0 radical (unpaired) electrons. The molecule has 1 aliphatic rings. The highest BCUT2D eigenvalue weighted by atomic mass is 16.6. The van der Waals surface area contributed by atoms with Gasteiger partial charge in [-0.3, -0.25) is 0 Å². The van der Waals surface area contributed by atoms with Crippen molar-refractivity contribution in [1.29, 1.82) is 0 Å². The Balaban J connectivity index is 2.23. The van der Waals surface area contributed by atoms with Gasteiger partial charge in [0.05, 0.1) is 6.10 Å². The minimum absolute atomic E-state index is 0.320. The third-order valence-electron chi connectivity index (χ3n) is 2.84. The Kier molecular flexibility index (Phi) is 1.62. The molecule has 1 nitrogen and oxygen atoms in total. The van der Waals surface area contributed by atoms with E-state index in [-0.39, 0.29) is 0 Å². The van der Waals surface area contributed by atoms with Gasteiger partial charge in [-0.05, 0) is 23.3 Å². The van der Waals surface area contributed by atoms with E-state index in [0.29, 0.717) is 12.2 Å². The van der Waals surface area contributed by atoms with Crippen LogP contribution in [-0.4, -0.2) is 6.10 Å². The van der Waals surface area contributed by atoms with E-state index in [0.717, 1.165) is 0 Å². The van der Waals surface area contributed by atoms with Gasteiger partial charge in [0.15, 0.2) is 0 Å². The van der Waals surface area contributed by atoms with Crippen LogP contribution in [0.2, 0.25) is 0 Å². The summed E-state index contributed by atoms with van der Waals surface area (Å²) in [6, 6.07) is 14.9. The van der Waals surface area contributed by atoms with Crippen LogP contribution in [0.3, 0.4) is 0 Å². The molecule has 1 aliphatic heterocycles. The fourth-order valence-corrected chi connectivity index (χ4v) is 2.01. The lowest BCUT2D eigenvalue weighted by atomic mass is 10.0. The molecular formula is C13H12O. The summed E-state index contributed by atoms with van der Waals surface area (Å²) in [5.41, 5.74) is 1.33. The van der Waals surface area contributed by atoms with Crippen molar-refractivity contribution in [2.45, 2.75) is 19.1 Å². The molecule has 14 heavy (non-hydrogen) atoms. The maximum absolute atomic E-state index is 5.51. The van der Waals surface area contributed by atoms with Crippen molar-refractivity contribution >= 4 is 10.8 Å². The smallest absolute Gasteiger partial charge is 0.109 e. The Morgan fingerprint density at radius 1 is 1.00 bits per heavy atom. The molecule has 0 N–H and O–H groups in total. The number of fused-ring (bicyclic) bond motifs is 1. The van der Waals surface area contributed by atoms with Crippen LogP contribution in [0, 0.1) is 0 Å². The Morgan fingerprint density at radius 3 is 2.50 bits per heavy atom. The fourth-order valence-electron chi connectivity index (χ4n) is 2.01. The molecule has 1 heterocycles. The van der Waals surface area contributed by atoms with Crippen LogP contribution in [0.25, 0.3) is 10.8 Å². The molecule has 0 aromatic heterocycles. The molecule has 1 fully saturated rings. The quantitative estimate of drug-likeness (QED) is 0.619. The topological polar surface area (TPSA) is 12.5 Å². The molecule has 1 saturated heterocycles. The second kappa shape index (κ2) is 2.82. The van der Waals surface area contributed by atoms with Gasteiger partial charge in [0.2, 0.25) is 0 Å². The van der Waals surface area contributed by atoms with Crippen LogP contribution in [-0.2, 0) is 4.74 Å². The standard InChI is InChI=1S/C13H12O/c1-9-13(14-9)12-8-4-6-10-5-2-3-7-11(10)12/h2-9,13H,1H3/t9-,13+/m0/s1. The Labute approximate surface area is 83.3 Å². The molecule has 2 aromatic carbocycles. The normalized spacial score (nSPS) is 25.2. The SMILES string of the molecule is C[C@@H]1O[C@H]1c1cccc2ccccc12. The van der Waals surface area contributed by atoms with E-state index in [1.165, 1.54) is 16.3 Å². The molecule has 70 valence electrons. The van der Waals surface area contributed by atoms with E-state index in [9.17, 15) is 0 Å². The molecule has 1 heteroatoms. The third-order valence-corrected chi connectivity index (χ3v) is 2.84. The first kappa shape index (κ1) is 8.01. The highest BCUT2D eigenvalue weighted by Gasteiger charge is 2.36. The van der Waals surface area contributed by atoms with Gasteiger partial charge in [-0.15, -0.1) is 0 Å². The molecule has 2 atom stereocenters. The molecule has 0 amide bonds. The largest absolute Gasteiger partial charge is 0.365 e. The molecule has 3 rings (SSSR count). The van der Waals surface area contributed by atoms with Crippen molar-refractivity contribution in [2.75, 3.05) is 0 Å². The summed E-state index contributed by atoms with van der Waals surface area (Å²) in [5.74, 6) is 0. The van der Waals surface area contributed by atoms with Crippen molar-refractivity contribution in [2.24, 2.45) is 0 Å². The van der Waals surface area contributed by atoms with E-state index in [1.54, 1.807) is 0 Å². The lowest BCUT2D eigenvalue weighted by molar-refractivity contribution is 0.384. The Bertz CT molecular complexity index is 470. The first-order chi connectivity index (χ1) is 6.86. The maximum Gasteiger partial charge on any atom is 0.109 e. The number of hydrogen-bond donors (Lipinski definition) is 0. The summed E-state index contributed by atoms with van der Waals surface area (Å²) in [5, 5.41) is 2.62. The van der Waals surface area contributed by atoms with Crippen molar-refractivity contribution in [3.63, 3.8) is 0 Å². The molecule has 0 saturated carbocycles. The summed E-state index contributed by atoms with van der Waals surface area (Å²) >= 11 is 0. The predicted octanol–water partition coefficient (Wildman–Crippen LogP) is 3.30. The van der Waals surface area contributed by atoms with Gasteiger partial charge in [0.1, 0.15) is 6.10 Å². The van der Waals surface area contributed by atoms with Crippen molar-refractivity contribution < 1.29 is 4.74 Å². The van der Waals surface area contributed by atoms with Gasteiger partial charge >= 0.3 is 0 Å². The summed E-state index contributed by atoms with van der Waals surface area (Å²) in [7, 11) is 0. The molecule has 0 aliphatic carbocycles. The van der Waals surface area contributed by atoms with Crippen molar-refractivity contribution in [3.8, 4) is 0 Å². The van der Waals surface area contributed by atoms with E-state index >= 15 is 0 Å². The summed E-state index contributed by atoms with van der Waals surface area (Å²) in [6.07, 6.45) is 0.710. The minimum atomic E-state index is 0.320. The van der Waals surface area contributed by atoms with E-state index in [4.69, 9.17) is 4.74 Å². The number of benzene rings is 2. The highest BCUT2D eigenvalue weighted by Crippen LogP contribution is 2.41. The van der Waals surface area contributed by atoms with Crippen LogP contribution in [0.15, 0.2) is 42.5 Å². The number of rotatable bonds is 1. The Hall–Kier alpha value is -1.34. The van der Waals surface area contributed by atoms with Gasteiger partial charge in [-0.1, -0.05) is 42.5 Å². The van der Waals surface area contributed by atoms with Crippen molar-refractivity contribution in [3.05, 3.63) is 48.0 Å².